The molecule has 1 N–H and O–H groups in total. The zero-order valence-corrected chi connectivity index (χ0v) is 17.5. The lowest BCUT2D eigenvalue weighted by atomic mass is 10.1. The molecule has 1 saturated heterocycles. The molecule has 2 heterocycles. The van der Waals surface area contributed by atoms with Crippen molar-refractivity contribution in [3.05, 3.63) is 64.2 Å². The van der Waals surface area contributed by atoms with Crippen molar-refractivity contribution in [2.45, 2.75) is 31.6 Å². The summed E-state index contributed by atoms with van der Waals surface area (Å²) < 4.78 is 18.1. The van der Waals surface area contributed by atoms with Crippen molar-refractivity contribution in [1.29, 1.82) is 0 Å². The van der Waals surface area contributed by atoms with Crippen molar-refractivity contribution in [2.75, 3.05) is 39.5 Å². The average molecular weight is 429 g/mol. The van der Waals surface area contributed by atoms with Crippen molar-refractivity contribution in [1.82, 2.24) is 0 Å². The number of ether oxygens (including phenoxy) is 3. The third-order valence-corrected chi connectivity index (χ3v) is 5.96. The van der Waals surface area contributed by atoms with Gasteiger partial charge in [0.1, 0.15) is 25.8 Å². The molecule has 166 valence electrons. The molecule has 2 aliphatic heterocycles. The second-order valence-electron chi connectivity index (χ2n) is 8.45. The summed E-state index contributed by atoms with van der Waals surface area (Å²) in [5, 5.41) is 21.5. The normalized spacial score (nSPS) is 20.4. The van der Waals surface area contributed by atoms with Gasteiger partial charge in [-0.05, 0) is 24.3 Å². The van der Waals surface area contributed by atoms with E-state index in [1.54, 1.807) is 12.1 Å². The molecule has 0 aliphatic carbocycles. The number of non-ortho nitro benzene ring substituents is 1. The summed E-state index contributed by atoms with van der Waals surface area (Å²) in [5.41, 5.74) is 1.15. The van der Waals surface area contributed by atoms with Crippen LogP contribution in [0.15, 0.2) is 48.5 Å². The molecule has 0 unspecified atom stereocenters. The Balaban J connectivity index is 1.27. The molecule has 2 aromatic carbocycles. The number of hydrogen-bond donors (Lipinski definition) is 1. The Morgan fingerprint density at radius 1 is 1.13 bits per heavy atom. The molecule has 0 radical (unpaired) electrons. The molecule has 0 aromatic heterocycles. The number of rotatable bonds is 9. The second kappa shape index (κ2) is 9.64. The zero-order valence-electron chi connectivity index (χ0n) is 17.5. The predicted octanol–water partition coefficient (Wildman–Crippen LogP) is 2.92. The second-order valence-corrected chi connectivity index (χ2v) is 8.45. The Kier molecular flexibility index (Phi) is 6.70. The maximum absolute atomic E-state index is 10.9. The number of benzene rings is 2. The van der Waals surface area contributed by atoms with Crippen molar-refractivity contribution in [2.24, 2.45) is 0 Å². The van der Waals surface area contributed by atoms with Gasteiger partial charge in [-0.3, -0.25) is 10.1 Å². The van der Waals surface area contributed by atoms with E-state index in [9.17, 15) is 15.2 Å². The van der Waals surface area contributed by atoms with Crippen LogP contribution in [0.3, 0.4) is 0 Å². The number of nitro groups is 1. The van der Waals surface area contributed by atoms with Gasteiger partial charge in [0.25, 0.3) is 5.69 Å². The van der Waals surface area contributed by atoms with Gasteiger partial charge >= 0.3 is 0 Å². The number of quaternary nitrogens is 1. The first-order valence-corrected chi connectivity index (χ1v) is 10.8. The first-order valence-electron chi connectivity index (χ1n) is 10.8. The molecular formula is C23H29N2O6+. The molecule has 8 heteroatoms. The standard InChI is InChI=1S/C23H29N2O6/c26-20(15-29-16-21-17-30-22-5-1-2-6-23(22)31-21)14-25(11-3-4-12-25)13-18-7-9-19(10-8-18)24(27)28/h1-2,5-10,20-21,26H,3-4,11-17H2/q+1/t20-,21-/m0/s1. The highest BCUT2D eigenvalue weighted by Gasteiger charge is 2.34. The third kappa shape index (κ3) is 5.52. The number of nitro benzene ring substituents is 1. The van der Waals surface area contributed by atoms with Crippen LogP contribution in [-0.2, 0) is 11.3 Å². The Morgan fingerprint density at radius 3 is 2.55 bits per heavy atom. The predicted molar refractivity (Wildman–Crippen MR) is 114 cm³/mol. The van der Waals surface area contributed by atoms with Crippen LogP contribution in [0.2, 0.25) is 0 Å². The molecular weight excluding hydrogens is 400 g/mol. The quantitative estimate of drug-likeness (QED) is 0.374. The van der Waals surface area contributed by atoms with Gasteiger partial charge in [-0.2, -0.15) is 0 Å². The van der Waals surface area contributed by atoms with Gasteiger partial charge in [0.2, 0.25) is 0 Å². The highest BCUT2D eigenvalue weighted by molar-refractivity contribution is 5.40. The van der Waals surface area contributed by atoms with Gasteiger partial charge in [-0.25, -0.2) is 0 Å². The summed E-state index contributed by atoms with van der Waals surface area (Å²) in [6.07, 6.45) is 1.45. The molecule has 0 spiro atoms. The van der Waals surface area contributed by atoms with Crippen LogP contribution in [0, 0.1) is 10.1 Å². The Bertz CT molecular complexity index is 882. The zero-order chi connectivity index (χ0) is 21.7. The smallest absolute Gasteiger partial charge is 0.269 e. The first kappa shape index (κ1) is 21.5. The van der Waals surface area contributed by atoms with Crippen LogP contribution in [0.1, 0.15) is 18.4 Å². The Morgan fingerprint density at radius 2 is 1.84 bits per heavy atom. The summed E-state index contributed by atoms with van der Waals surface area (Å²) >= 11 is 0. The average Bonchev–Trinajstić information content (AvgIpc) is 3.21. The summed E-state index contributed by atoms with van der Waals surface area (Å²) in [7, 11) is 0. The lowest BCUT2D eigenvalue weighted by Crippen LogP contribution is -2.50. The third-order valence-electron chi connectivity index (χ3n) is 5.96. The molecule has 0 amide bonds. The monoisotopic (exact) mass is 429 g/mol. The fourth-order valence-corrected chi connectivity index (χ4v) is 4.50. The van der Waals surface area contributed by atoms with Gasteiger partial charge in [-0.15, -0.1) is 0 Å². The van der Waals surface area contributed by atoms with E-state index in [0.29, 0.717) is 25.5 Å². The number of aliphatic hydroxyl groups is 1. The van der Waals surface area contributed by atoms with E-state index in [0.717, 1.165) is 48.3 Å². The number of likely N-dealkylation sites (tertiary alicyclic amines) is 1. The summed E-state index contributed by atoms with van der Waals surface area (Å²) in [4.78, 5) is 10.5. The minimum absolute atomic E-state index is 0.0988. The van der Waals surface area contributed by atoms with Crippen LogP contribution in [-0.4, -0.2) is 66.2 Å². The fraction of sp³-hybridized carbons (Fsp3) is 0.478. The lowest BCUT2D eigenvalue weighted by molar-refractivity contribution is -0.932. The van der Waals surface area contributed by atoms with E-state index in [2.05, 4.69) is 0 Å². The maximum atomic E-state index is 10.9. The summed E-state index contributed by atoms with van der Waals surface area (Å²) in [5.74, 6) is 1.46. The molecule has 4 rings (SSSR count). The summed E-state index contributed by atoms with van der Waals surface area (Å²) in [6.45, 7) is 4.35. The van der Waals surface area contributed by atoms with Gasteiger partial charge in [-0.1, -0.05) is 12.1 Å². The van der Waals surface area contributed by atoms with E-state index >= 15 is 0 Å². The van der Waals surface area contributed by atoms with Crippen LogP contribution in [0.5, 0.6) is 11.5 Å². The number of nitrogens with zero attached hydrogens (tertiary/aromatic N) is 2. The Labute approximate surface area is 181 Å². The van der Waals surface area contributed by atoms with Crippen molar-refractivity contribution >= 4 is 5.69 Å². The maximum Gasteiger partial charge on any atom is 0.269 e. The topological polar surface area (TPSA) is 91.1 Å². The van der Waals surface area contributed by atoms with E-state index in [1.165, 1.54) is 0 Å². The number of para-hydroxylation sites is 2. The van der Waals surface area contributed by atoms with Crippen molar-refractivity contribution < 1.29 is 28.7 Å². The SMILES string of the molecule is O=[N+]([O-])c1ccc(C[N+]2(C[C@H](O)COC[C@H]3COc4ccccc4O3)CCCC2)cc1. The van der Waals surface area contributed by atoms with Gasteiger partial charge < -0.3 is 23.8 Å². The highest BCUT2D eigenvalue weighted by Crippen LogP contribution is 2.31. The van der Waals surface area contributed by atoms with Crippen molar-refractivity contribution in [3.8, 4) is 11.5 Å². The molecule has 2 aromatic rings. The molecule has 2 aliphatic rings. The van der Waals surface area contributed by atoms with Crippen LogP contribution in [0.25, 0.3) is 0 Å². The molecule has 31 heavy (non-hydrogen) atoms. The highest BCUT2D eigenvalue weighted by atomic mass is 16.6. The van der Waals surface area contributed by atoms with Crippen LogP contribution in [0.4, 0.5) is 5.69 Å². The van der Waals surface area contributed by atoms with Crippen LogP contribution < -0.4 is 9.47 Å². The van der Waals surface area contributed by atoms with Gasteiger partial charge in [0.05, 0.1) is 31.2 Å². The first-order chi connectivity index (χ1) is 15.0. The summed E-state index contributed by atoms with van der Waals surface area (Å²) in [6, 6.07) is 14.3. The largest absolute Gasteiger partial charge is 0.486 e. The molecule has 1 fully saturated rings. The molecule has 0 bridgehead atoms. The van der Waals surface area contributed by atoms with E-state index in [1.807, 2.05) is 36.4 Å². The van der Waals surface area contributed by atoms with E-state index < -0.39 is 6.10 Å². The lowest BCUT2D eigenvalue weighted by Gasteiger charge is -2.36. The molecule has 2 atom stereocenters. The Hall–Kier alpha value is -2.68. The van der Waals surface area contributed by atoms with Crippen molar-refractivity contribution in [3.63, 3.8) is 0 Å². The fourth-order valence-electron chi connectivity index (χ4n) is 4.50. The van der Waals surface area contributed by atoms with Crippen LogP contribution >= 0.6 is 0 Å². The number of aliphatic hydroxyl groups excluding tert-OH is 1. The minimum atomic E-state index is -0.590. The minimum Gasteiger partial charge on any atom is -0.486 e. The number of fused-ring (bicyclic) bond motifs is 1. The van der Waals surface area contributed by atoms with Gasteiger partial charge in [0.15, 0.2) is 17.6 Å². The van der Waals surface area contributed by atoms with E-state index in [-0.39, 0.29) is 23.3 Å². The molecule has 8 nitrogen and oxygen atoms in total. The molecule has 0 saturated carbocycles. The number of hydrogen-bond acceptors (Lipinski definition) is 6. The van der Waals surface area contributed by atoms with Gasteiger partial charge in [0, 0.05) is 30.5 Å². The van der Waals surface area contributed by atoms with E-state index in [4.69, 9.17) is 14.2 Å².